The SMILES string of the molecule is CC.COC(=O)CCONC1c2cc([N+](=O)[O-])cc([N+](=O)[O-])c2-c2c1cc([N+](=O)[O-])cc2[N+](=O)[O-].[3H]CP. The summed E-state index contributed by atoms with van der Waals surface area (Å²) in [4.78, 5) is 58.8. The third-order valence-corrected chi connectivity index (χ3v) is 4.79. The number of rotatable bonds is 9. The first-order valence-corrected chi connectivity index (χ1v) is 11.2. The van der Waals surface area contributed by atoms with Gasteiger partial charge in [0.15, 0.2) is 0 Å². The number of methoxy groups -OCH3 is 1. The average Bonchev–Trinajstić information content (AvgIpc) is 3.19. The second-order valence-corrected chi connectivity index (χ2v) is 6.61. The molecule has 0 aromatic heterocycles. The van der Waals surface area contributed by atoms with Crippen LogP contribution in [-0.4, -0.2) is 46.0 Å². The average molecular weight is 543 g/mol. The maximum Gasteiger partial charge on any atom is 0.307 e. The number of nitro groups is 4. The number of hydrogen-bond acceptors (Lipinski definition) is 12. The molecule has 0 aliphatic heterocycles. The Morgan fingerprint density at radius 3 is 1.65 bits per heavy atom. The molecule has 1 unspecified atom stereocenters. The van der Waals surface area contributed by atoms with Gasteiger partial charge in [-0.05, 0) is 11.1 Å². The van der Waals surface area contributed by atoms with Crippen LogP contribution in [0.2, 0.25) is 0 Å². The molecule has 0 fully saturated rings. The molecule has 1 aliphatic carbocycles. The Labute approximate surface area is 213 Å². The van der Waals surface area contributed by atoms with Gasteiger partial charge in [-0.25, -0.2) is 0 Å². The lowest BCUT2D eigenvalue weighted by Crippen LogP contribution is -2.23. The first kappa shape index (κ1) is 29.1. The number of nitrogens with zero attached hydrogens (tertiary/aromatic N) is 4. The van der Waals surface area contributed by atoms with E-state index in [1.807, 2.05) is 13.8 Å². The number of hydrogen-bond donors (Lipinski definition) is 1. The summed E-state index contributed by atoms with van der Waals surface area (Å²) in [5.41, 5.74) is -1.38. The molecule has 0 saturated carbocycles. The quantitative estimate of drug-likeness (QED) is 0.156. The first-order chi connectivity index (χ1) is 18.0. The molecule has 1 aliphatic rings. The molecule has 0 bridgehead atoms. The molecule has 17 heteroatoms. The Hall–Kier alpha value is -4.14. The number of ether oxygens (including phenoxy) is 1. The molecule has 0 saturated heterocycles. The molecule has 2 aromatic carbocycles. The largest absolute Gasteiger partial charge is 0.469 e. The van der Waals surface area contributed by atoms with Crippen LogP contribution in [-0.2, 0) is 14.4 Å². The lowest BCUT2D eigenvalue weighted by atomic mass is 10.0. The summed E-state index contributed by atoms with van der Waals surface area (Å²) in [6.07, 6.45) is -0.208. The second-order valence-electron chi connectivity index (χ2n) is 6.61. The predicted octanol–water partition coefficient (Wildman–Crippen LogP) is 3.99. The third-order valence-electron chi connectivity index (χ3n) is 4.79. The number of carbonyl (C=O) groups excluding carboxylic acids is 1. The molecule has 0 spiro atoms. The molecule has 37 heavy (non-hydrogen) atoms. The van der Waals surface area contributed by atoms with E-state index in [1.165, 1.54) is 0 Å². The van der Waals surface area contributed by atoms with E-state index < -0.39 is 54.5 Å². The highest BCUT2D eigenvalue weighted by Crippen LogP contribution is 2.53. The number of non-ortho nitro benzene ring substituents is 2. The highest BCUT2D eigenvalue weighted by Gasteiger charge is 2.43. The van der Waals surface area contributed by atoms with Crippen LogP contribution in [0.25, 0.3) is 11.1 Å². The number of fused-ring (bicyclic) bond motifs is 3. The van der Waals surface area contributed by atoms with Crippen molar-refractivity contribution >= 4 is 38.0 Å². The van der Waals surface area contributed by atoms with E-state index in [9.17, 15) is 45.3 Å². The van der Waals surface area contributed by atoms with Gasteiger partial charge in [-0.3, -0.25) is 45.3 Å². The van der Waals surface area contributed by atoms with Crippen molar-refractivity contribution < 1.29 is 35.4 Å². The van der Waals surface area contributed by atoms with E-state index in [0.717, 1.165) is 19.2 Å². The van der Waals surface area contributed by atoms with Crippen molar-refractivity contribution in [2.24, 2.45) is 0 Å². The Balaban J connectivity index is 0.00000135. The van der Waals surface area contributed by atoms with Gasteiger partial charge >= 0.3 is 5.97 Å². The number of carbonyl (C=O) groups is 1. The minimum absolute atomic E-state index is 0.132. The highest BCUT2D eigenvalue weighted by molar-refractivity contribution is 7.15. The molecular weight excluding hydrogens is 517 g/mol. The molecular formula is C20H24N5O11P. The first-order valence-electron chi connectivity index (χ1n) is 11.1. The fourth-order valence-corrected chi connectivity index (χ4v) is 3.44. The summed E-state index contributed by atoms with van der Waals surface area (Å²) in [7, 11) is 3.39. The van der Waals surface area contributed by atoms with Gasteiger partial charge in [-0.15, -0.1) is 9.24 Å². The fourth-order valence-electron chi connectivity index (χ4n) is 3.44. The van der Waals surface area contributed by atoms with Gasteiger partial charge in [-0.1, -0.05) is 20.5 Å². The van der Waals surface area contributed by atoms with Crippen LogP contribution in [0.5, 0.6) is 0 Å². The van der Waals surface area contributed by atoms with Crippen molar-refractivity contribution in [3.8, 4) is 11.1 Å². The van der Waals surface area contributed by atoms with Crippen LogP contribution in [0, 0.1) is 40.5 Å². The summed E-state index contributed by atoms with van der Waals surface area (Å²) >= 11 is 0. The lowest BCUT2D eigenvalue weighted by Gasteiger charge is -2.15. The van der Waals surface area contributed by atoms with Crippen molar-refractivity contribution in [1.82, 2.24) is 5.48 Å². The standard InChI is InChI=1S/C17H13N5O11.C2H6.CH5P/c1-32-14(23)2-3-33-18-17-10-4-8(19(24)25)6-12(21(28)29)15(10)16-11(17)5-9(20(26)27)7-13(16)22(30)31;2*1-2/h4-7,17-18H,2-3H2,1H3;1-2H3;2H2,1H3/i;;1T. The third kappa shape index (κ3) is 6.75. The molecule has 1 atom stereocenters. The molecule has 2 aromatic rings. The van der Waals surface area contributed by atoms with Crippen molar-refractivity contribution in [1.29, 1.82) is 0 Å². The van der Waals surface area contributed by atoms with E-state index >= 15 is 0 Å². The predicted molar refractivity (Wildman–Crippen MR) is 133 cm³/mol. The van der Waals surface area contributed by atoms with Gasteiger partial charge in [0, 0.05) is 13.5 Å². The van der Waals surface area contributed by atoms with Crippen LogP contribution in [0.1, 0.15) is 38.8 Å². The Morgan fingerprint density at radius 1 is 0.919 bits per heavy atom. The minimum atomic E-state index is -1.29. The van der Waals surface area contributed by atoms with Gasteiger partial charge in [0.25, 0.3) is 22.7 Å². The zero-order chi connectivity index (χ0) is 29.2. The van der Waals surface area contributed by atoms with Gasteiger partial charge in [0.2, 0.25) is 0 Å². The molecule has 0 amide bonds. The maximum atomic E-state index is 11.7. The van der Waals surface area contributed by atoms with Crippen LogP contribution in [0.4, 0.5) is 22.7 Å². The topological polar surface area (TPSA) is 220 Å². The van der Waals surface area contributed by atoms with Crippen LogP contribution in [0.3, 0.4) is 0 Å². The summed E-state index contributed by atoms with van der Waals surface area (Å²) < 4.78 is 10.6. The molecule has 3 rings (SSSR count). The molecule has 16 nitrogen and oxygen atoms in total. The molecule has 0 radical (unpaired) electrons. The summed E-state index contributed by atoms with van der Waals surface area (Å²) in [5.74, 6) is -0.624. The van der Waals surface area contributed by atoms with Crippen LogP contribution in [0.15, 0.2) is 24.3 Å². The molecule has 1 N–H and O–H groups in total. The van der Waals surface area contributed by atoms with Gasteiger partial charge in [-0.2, -0.15) is 5.48 Å². The van der Waals surface area contributed by atoms with Crippen molar-refractivity contribution in [2.75, 3.05) is 20.4 Å². The smallest absolute Gasteiger partial charge is 0.307 e. The maximum absolute atomic E-state index is 11.7. The molecule has 200 valence electrons. The summed E-state index contributed by atoms with van der Waals surface area (Å²) in [5, 5.41) is 46.0. The lowest BCUT2D eigenvalue weighted by molar-refractivity contribution is -0.395. The Kier molecular flexibility index (Phi) is 10.9. The number of hydroxylamine groups is 1. The Bertz CT molecular complexity index is 1160. The summed E-state index contributed by atoms with van der Waals surface area (Å²) in [6, 6.07) is 1.92. The number of nitrogens with one attached hydrogen (secondary N) is 1. The summed E-state index contributed by atoms with van der Waals surface area (Å²) in [6.45, 7) is 4.15. The van der Waals surface area contributed by atoms with Crippen LogP contribution < -0.4 is 5.48 Å². The molecule has 0 heterocycles. The van der Waals surface area contributed by atoms with Crippen molar-refractivity contribution in [3.63, 3.8) is 0 Å². The van der Waals surface area contributed by atoms with Gasteiger partial charge in [0.05, 0.1) is 69.1 Å². The normalized spacial score (nSPS) is 11.4. The van der Waals surface area contributed by atoms with E-state index in [2.05, 4.69) is 19.5 Å². The highest BCUT2D eigenvalue weighted by atomic mass is 31.0. The van der Waals surface area contributed by atoms with E-state index in [0.29, 0.717) is 18.8 Å². The monoisotopic (exact) mass is 543 g/mol. The number of esters is 1. The minimum Gasteiger partial charge on any atom is -0.469 e. The van der Waals surface area contributed by atoms with Crippen molar-refractivity contribution in [3.05, 3.63) is 75.8 Å². The fraction of sp³-hybridized carbons (Fsp3) is 0.350. The van der Waals surface area contributed by atoms with E-state index in [-0.39, 0.29) is 35.3 Å². The number of benzene rings is 2. The second kappa shape index (κ2) is 13.8. The van der Waals surface area contributed by atoms with Gasteiger partial charge in [0.1, 0.15) is 0 Å². The van der Waals surface area contributed by atoms with Crippen molar-refractivity contribution in [2.45, 2.75) is 26.3 Å². The Morgan fingerprint density at radius 2 is 1.32 bits per heavy atom. The zero-order valence-corrected chi connectivity index (χ0v) is 21.0. The zero-order valence-electron chi connectivity index (χ0n) is 20.9. The number of nitro benzene ring substituents is 4. The van der Waals surface area contributed by atoms with E-state index in [4.69, 9.17) is 6.21 Å². The van der Waals surface area contributed by atoms with Gasteiger partial charge < -0.3 is 9.57 Å². The van der Waals surface area contributed by atoms with E-state index in [1.54, 1.807) is 0 Å². The van der Waals surface area contributed by atoms with Crippen LogP contribution >= 0.6 is 9.24 Å².